The summed E-state index contributed by atoms with van der Waals surface area (Å²) in [6.07, 6.45) is 0. The van der Waals surface area contributed by atoms with E-state index in [1.807, 2.05) is 24.3 Å². The van der Waals surface area contributed by atoms with Gasteiger partial charge in [-0.3, -0.25) is 5.43 Å². The summed E-state index contributed by atoms with van der Waals surface area (Å²) in [7, 11) is 1.62. The number of hydrogen-bond acceptors (Lipinski definition) is 6. The molecule has 1 aliphatic rings. The van der Waals surface area contributed by atoms with E-state index in [1.165, 1.54) is 0 Å². The fraction of sp³-hybridized carbons (Fsp3) is 0.111. The molecule has 1 heterocycles. The van der Waals surface area contributed by atoms with Gasteiger partial charge in [0.15, 0.2) is 5.84 Å². The topological polar surface area (TPSA) is 84.0 Å². The number of guanidine groups is 1. The van der Waals surface area contributed by atoms with Gasteiger partial charge in [0.2, 0.25) is 5.96 Å². The molecule has 1 aromatic carbocycles. The Kier molecular flexibility index (Phi) is 2.40. The number of amidine groups is 1. The molecule has 0 aromatic heterocycles. The van der Waals surface area contributed by atoms with Crippen LogP contribution in [-0.4, -0.2) is 18.9 Å². The van der Waals surface area contributed by atoms with E-state index in [9.17, 15) is 0 Å². The molecule has 78 valence electrons. The highest BCUT2D eigenvalue weighted by Crippen LogP contribution is 2.11. The minimum atomic E-state index is 0.243. The molecule has 0 unspecified atom stereocenters. The number of hydrazone groups is 2. The third kappa shape index (κ3) is 1.98. The number of rotatable bonds is 2. The molecule has 6 nitrogen and oxygen atoms in total. The number of benzene rings is 1. The Bertz CT molecular complexity index is 409. The first kappa shape index (κ1) is 9.32. The van der Waals surface area contributed by atoms with E-state index in [2.05, 4.69) is 21.1 Å². The Balaban J connectivity index is 2.17. The predicted octanol–water partition coefficient (Wildman–Crippen LogP) is -0.221. The molecule has 4 N–H and O–H groups in total. The molecule has 0 aliphatic carbocycles. The standard InChI is InChI=1S/C9H11N5O/c1-15-7-4-2-6(3-5-7)8-11-13-9(10)14-12-8/h2-5H,1H3,(H,11,12)(H3,10,13,14). The lowest BCUT2D eigenvalue weighted by Crippen LogP contribution is -2.38. The molecule has 0 radical (unpaired) electrons. The maximum absolute atomic E-state index is 5.37. The number of nitrogens with one attached hydrogen (secondary N) is 2. The van der Waals surface area contributed by atoms with E-state index in [-0.39, 0.29) is 5.96 Å². The van der Waals surface area contributed by atoms with Crippen molar-refractivity contribution < 1.29 is 4.74 Å². The van der Waals surface area contributed by atoms with E-state index in [0.717, 1.165) is 11.3 Å². The molecule has 0 fully saturated rings. The van der Waals surface area contributed by atoms with E-state index in [1.54, 1.807) is 7.11 Å². The molecule has 2 rings (SSSR count). The Hall–Kier alpha value is -2.24. The fourth-order valence-electron chi connectivity index (χ4n) is 1.15. The summed E-state index contributed by atoms with van der Waals surface area (Å²) in [5, 5.41) is 7.80. The van der Waals surface area contributed by atoms with E-state index >= 15 is 0 Å². The van der Waals surface area contributed by atoms with Crippen LogP contribution in [0.15, 0.2) is 34.5 Å². The zero-order valence-electron chi connectivity index (χ0n) is 8.19. The van der Waals surface area contributed by atoms with Crippen LogP contribution in [0.3, 0.4) is 0 Å². The summed E-state index contributed by atoms with van der Waals surface area (Å²) in [6, 6.07) is 7.45. The third-order valence-corrected chi connectivity index (χ3v) is 1.93. The van der Waals surface area contributed by atoms with Crippen LogP contribution < -0.4 is 21.3 Å². The van der Waals surface area contributed by atoms with Gasteiger partial charge in [-0.25, -0.2) is 5.43 Å². The van der Waals surface area contributed by atoms with Crippen LogP contribution in [0.4, 0.5) is 0 Å². The van der Waals surface area contributed by atoms with Crippen LogP contribution in [0, 0.1) is 0 Å². The minimum absolute atomic E-state index is 0.243. The predicted molar refractivity (Wildman–Crippen MR) is 57.4 cm³/mol. The first-order valence-electron chi connectivity index (χ1n) is 4.37. The highest BCUT2D eigenvalue weighted by atomic mass is 16.5. The lowest BCUT2D eigenvalue weighted by Gasteiger charge is -2.12. The Morgan fingerprint density at radius 1 is 1.13 bits per heavy atom. The van der Waals surface area contributed by atoms with Gasteiger partial charge in [0.1, 0.15) is 5.75 Å². The Morgan fingerprint density at radius 3 is 2.40 bits per heavy atom. The van der Waals surface area contributed by atoms with E-state index in [0.29, 0.717) is 5.84 Å². The van der Waals surface area contributed by atoms with Crippen molar-refractivity contribution in [3.8, 4) is 5.75 Å². The highest BCUT2D eigenvalue weighted by molar-refractivity contribution is 6.01. The van der Waals surface area contributed by atoms with Crippen molar-refractivity contribution in [2.45, 2.75) is 0 Å². The van der Waals surface area contributed by atoms with Crippen LogP contribution in [0.25, 0.3) is 0 Å². The van der Waals surface area contributed by atoms with E-state index in [4.69, 9.17) is 10.5 Å². The number of methoxy groups -OCH3 is 1. The molecular weight excluding hydrogens is 194 g/mol. The molecule has 0 saturated heterocycles. The Morgan fingerprint density at radius 2 is 1.87 bits per heavy atom. The summed E-state index contributed by atoms with van der Waals surface area (Å²) >= 11 is 0. The lowest BCUT2D eigenvalue weighted by atomic mass is 10.2. The Labute approximate surface area is 86.8 Å². The van der Waals surface area contributed by atoms with Gasteiger partial charge in [-0.2, -0.15) is 5.10 Å². The summed E-state index contributed by atoms with van der Waals surface area (Å²) in [4.78, 5) is 0. The minimum Gasteiger partial charge on any atom is -0.497 e. The van der Waals surface area contributed by atoms with Crippen molar-refractivity contribution >= 4 is 11.8 Å². The SMILES string of the molecule is COc1ccc(C2=NNC(N)=NN2)cc1. The second-order valence-corrected chi connectivity index (χ2v) is 2.91. The van der Waals surface area contributed by atoms with Crippen molar-refractivity contribution in [1.29, 1.82) is 0 Å². The van der Waals surface area contributed by atoms with Crippen LogP contribution >= 0.6 is 0 Å². The van der Waals surface area contributed by atoms with Crippen LogP contribution in [0.2, 0.25) is 0 Å². The molecule has 15 heavy (non-hydrogen) atoms. The number of nitrogens with zero attached hydrogens (tertiary/aromatic N) is 2. The van der Waals surface area contributed by atoms with Crippen molar-refractivity contribution in [1.82, 2.24) is 10.9 Å². The molecule has 6 heteroatoms. The number of nitrogens with two attached hydrogens (primary N) is 1. The summed E-state index contributed by atoms with van der Waals surface area (Å²) < 4.78 is 5.05. The van der Waals surface area contributed by atoms with Crippen LogP contribution in [0.5, 0.6) is 5.75 Å². The molecular formula is C9H11N5O. The average molecular weight is 205 g/mol. The summed E-state index contributed by atoms with van der Waals surface area (Å²) in [5.74, 6) is 1.66. The van der Waals surface area contributed by atoms with Gasteiger partial charge in [-0.05, 0) is 24.3 Å². The molecule has 0 bridgehead atoms. The van der Waals surface area contributed by atoms with Crippen LogP contribution in [-0.2, 0) is 0 Å². The van der Waals surface area contributed by atoms with Gasteiger partial charge < -0.3 is 10.5 Å². The largest absolute Gasteiger partial charge is 0.497 e. The zero-order chi connectivity index (χ0) is 10.7. The molecule has 0 amide bonds. The van der Waals surface area contributed by atoms with Gasteiger partial charge in [0, 0.05) is 5.56 Å². The summed E-state index contributed by atoms with van der Waals surface area (Å²) in [6.45, 7) is 0. The number of ether oxygens (including phenoxy) is 1. The monoisotopic (exact) mass is 205 g/mol. The number of hydrogen-bond donors (Lipinski definition) is 3. The summed E-state index contributed by atoms with van der Waals surface area (Å²) in [5.41, 5.74) is 11.6. The third-order valence-electron chi connectivity index (χ3n) is 1.93. The van der Waals surface area contributed by atoms with Crippen molar-refractivity contribution in [2.24, 2.45) is 15.9 Å². The first-order chi connectivity index (χ1) is 7.29. The quantitative estimate of drug-likeness (QED) is 0.623. The maximum atomic E-state index is 5.37. The van der Waals surface area contributed by atoms with Gasteiger partial charge in [0.25, 0.3) is 0 Å². The van der Waals surface area contributed by atoms with Gasteiger partial charge in [-0.1, -0.05) is 0 Å². The van der Waals surface area contributed by atoms with Crippen molar-refractivity contribution in [3.05, 3.63) is 29.8 Å². The smallest absolute Gasteiger partial charge is 0.232 e. The van der Waals surface area contributed by atoms with Crippen molar-refractivity contribution in [2.75, 3.05) is 7.11 Å². The van der Waals surface area contributed by atoms with E-state index < -0.39 is 0 Å². The molecule has 1 aromatic rings. The van der Waals surface area contributed by atoms with Gasteiger partial charge >= 0.3 is 0 Å². The molecule has 0 atom stereocenters. The second kappa shape index (κ2) is 3.87. The van der Waals surface area contributed by atoms with Gasteiger partial charge in [0.05, 0.1) is 7.11 Å². The average Bonchev–Trinajstić information content (AvgIpc) is 2.30. The fourth-order valence-corrected chi connectivity index (χ4v) is 1.15. The first-order valence-corrected chi connectivity index (χ1v) is 4.37. The van der Waals surface area contributed by atoms with Crippen molar-refractivity contribution in [3.63, 3.8) is 0 Å². The highest BCUT2D eigenvalue weighted by Gasteiger charge is 2.07. The molecule has 1 aliphatic heterocycles. The normalized spacial score (nSPS) is 14.5. The molecule has 0 saturated carbocycles. The zero-order valence-corrected chi connectivity index (χ0v) is 8.19. The van der Waals surface area contributed by atoms with Gasteiger partial charge in [-0.15, -0.1) is 5.10 Å². The lowest BCUT2D eigenvalue weighted by molar-refractivity contribution is 0.415. The molecule has 0 spiro atoms. The maximum Gasteiger partial charge on any atom is 0.232 e. The second-order valence-electron chi connectivity index (χ2n) is 2.91. The van der Waals surface area contributed by atoms with Crippen LogP contribution in [0.1, 0.15) is 5.56 Å².